The van der Waals surface area contributed by atoms with Crippen LogP contribution in [0.5, 0.6) is 0 Å². The van der Waals surface area contributed by atoms with Crippen molar-refractivity contribution < 1.29 is 14.6 Å². The van der Waals surface area contributed by atoms with Crippen LogP contribution < -0.4 is 0 Å². The van der Waals surface area contributed by atoms with Gasteiger partial charge in [0.15, 0.2) is 0 Å². The number of carbonyl (C=O) groups is 1. The molecule has 200 valence electrons. The van der Waals surface area contributed by atoms with E-state index in [1.54, 1.807) is 6.92 Å². The number of hydrogen-bond donors (Lipinski definition) is 1. The fraction of sp³-hybridized carbons (Fsp3) is 0.969. The maximum atomic E-state index is 11.9. The number of fused-ring (bicyclic) bond motifs is 7. The molecule has 1 N–H and O–H groups in total. The lowest BCUT2D eigenvalue weighted by Gasteiger charge is -2.73. The molecule has 10 atom stereocenters. The highest BCUT2D eigenvalue weighted by Gasteiger charge is 2.71. The van der Waals surface area contributed by atoms with Crippen molar-refractivity contribution in [2.45, 2.75) is 138 Å². The number of esters is 1. The van der Waals surface area contributed by atoms with Gasteiger partial charge in [-0.2, -0.15) is 0 Å². The SMILES string of the molecule is CC(=O)OC1CCC2(C)C(CCC3(C)C2CCC2C4C(C(C)(C)O)CCC4(C)CCC23C)C1(C)C. The maximum absolute atomic E-state index is 11.9. The maximum Gasteiger partial charge on any atom is 0.302 e. The van der Waals surface area contributed by atoms with Crippen molar-refractivity contribution in [3.63, 3.8) is 0 Å². The second-order valence-corrected chi connectivity index (χ2v) is 16.1. The molecule has 0 aliphatic heterocycles. The summed E-state index contributed by atoms with van der Waals surface area (Å²) in [4.78, 5) is 11.9. The van der Waals surface area contributed by atoms with Gasteiger partial charge in [-0.05, 0) is 129 Å². The quantitative estimate of drug-likeness (QED) is 0.405. The minimum atomic E-state index is -0.582. The van der Waals surface area contributed by atoms with Crippen molar-refractivity contribution in [3.8, 4) is 0 Å². The van der Waals surface area contributed by atoms with E-state index in [-0.39, 0.29) is 17.5 Å². The fourth-order valence-corrected chi connectivity index (χ4v) is 12.1. The van der Waals surface area contributed by atoms with Crippen LogP contribution in [0.4, 0.5) is 0 Å². The van der Waals surface area contributed by atoms with Crippen LogP contribution in [0.1, 0.15) is 127 Å². The molecule has 0 aromatic rings. The molecule has 0 saturated heterocycles. The first kappa shape index (κ1) is 26.1. The van der Waals surface area contributed by atoms with Gasteiger partial charge < -0.3 is 9.84 Å². The Morgan fingerprint density at radius 2 is 1.49 bits per heavy atom. The largest absolute Gasteiger partial charge is 0.462 e. The van der Waals surface area contributed by atoms with Gasteiger partial charge >= 0.3 is 5.97 Å². The highest BCUT2D eigenvalue weighted by molar-refractivity contribution is 5.66. The van der Waals surface area contributed by atoms with Gasteiger partial charge in [0.2, 0.25) is 0 Å². The summed E-state index contributed by atoms with van der Waals surface area (Å²) in [7, 11) is 0. The van der Waals surface area contributed by atoms with Crippen molar-refractivity contribution >= 4 is 5.97 Å². The third-order valence-electron chi connectivity index (χ3n) is 14.0. The Bertz CT molecular complexity index is 871. The molecule has 0 radical (unpaired) electrons. The molecular weight excluding hydrogens is 432 g/mol. The lowest BCUT2D eigenvalue weighted by molar-refractivity contribution is -0.252. The molecule has 35 heavy (non-hydrogen) atoms. The predicted octanol–water partition coefficient (Wildman–Crippen LogP) is 7.79. The van der Waals surface area contributed by atoms with E-state index < -0.39 is 5.60 Å². The van der Waals surface area contributed by atoms with Crippen LogP contribution in [-0.2, 0) is 9.53 Å². The van der Waals surface area contributed by atoms with E-state index >= 15 is 0 Å². The van der Waals surface area contributed by atoms with E-state index in [0.29, 0.717) is 39.4 Å². The Morgan fingerprint density at radius 3 is 2.11 bits per heavy atom. The summed E-state index contributed by atoms with van der Waals surface area (Å²) in [5.41, 5.74) is 0.857. The van der Waals surface area contributed by atoms with E-state index in [2.05, 4.69) is 55.4 Å². The van der Waals surface area contributed by atoms with Crippen LogP contribution in [0.15, 0.2) is 0 Å². The first-order chi connectivity index (χ1) is 16.0. The molecule has 5 aliphatic carbocycles. The zero-order chi connectivity index (χ0) is 25.8. The molecule has 0 aromatic carbocycles. The molecule has 5 fully saturated rings. The summed E-state index contributed by atoms with van der Waals surface area (Å²) in [6.45, 7) is 21.1. The summed E-state index contributed by atoms with van der Waals surface area (Å²) >= 11 is 0. The highest BCUT2D eigenvalue weighted by atomic mass is 16.5. The third-order valence-corrected chi connectivity index (χ3v) is 14.0. The van der Waals surface area contributed by atoms with E-state index in [0.717, 1.165) is 18.3 Å². The molecular formula is C32H54O3. The van der Waals surface area contributed by atoms with Gasteiger partial charge in [-0.25, -0.2) is 0 Å². The smallest absolute Gasteiger partial charge is 0.302 e. The van der Waals surface area contributed by atoms with E-state index in [1.165, 1.54) is 57.8 Å². The van der Waals surface area contributed by atoms with Crippen LogP contribution in [0.25, 0.3) is 0 Å². The Kier molecular flexibility index (Phi) is 5.76. The molecule has 0 bridgehead atoms. The van der Waals surface area contributed by atoms with Crippen molar-refractivity contribution in [3.05, 3.63) is 0 Å². The van der Waals surface area contributed by atoms with Crippen molar-refractivity contribution in [2.24, 2.45) is 56.7 Å². The Balaban J connectivity index is 1.50. The first-order valence-electron chi connectivity index (χ1n) is 14.9. The topological polar surface area (TPSA) is 46.5 Å². The Hall–Kier alpha value is -0.570. The molecule has 0 aromatic heterocycles. The van der Waals surface area contributed by atoms with Crippen molar-refractivity contribution in [2.75, 3.05) is 0 Å². The van der Waals surface area contributed by atoms with Crippen LogP contribution in [-0.4, -0.2) is 22.8 Å². The third kappa shape index (κ3) is 3.41. The number of ether oxygens (including phenoxy) is 1. The standard InChI is InChI=1S/C32H54O3/c1-20(33)35-25-14-16-30(7)23(27(25,2)3)13-17-32(9)24(30)11-10-22-26-21(28(4,5)34)12-15-29(26,6)18-19-31(22,32)8/h21-26,34H,10-19H2,1-9H3. The van der Waals surface area contributed by atoms with Crippen LogP contribution >= 0.6 is 0 Å². The Labute approximate surface area is 215 Å². The molecule has 0 amide bonds. The van der Waals surface area contributed by atoms with Gasteiger partial charge in [-0.1, -0.05) is 41.5 Å². The molecule has 3 nitrogen and oxygen atoms in total. The minimum absolute atomic E-state index is 0.0281. The first-order valence-corrected chi connectivity index (χ1v) is 14.9. The molecule has 3 heteroatoms. The van der Waals surface area contributed by atoms with Gasteiger partial charge in [0.05, 0.1) is 5.60 Å². The second kappa shape index (κ2) is 7.73. The van der Waals surface area contributed by atoms with Gasteiger partial charge in [-0.3, -0.25) is 4.79 Å². The molecule has 5 rings (SSSR count). The van der Waals surface area contributed by atoms with E-state index in [4.69, 9.17) is 4.74 Å². The zero-order valence-corrected chi connectivity index (χ0v) is 24.3. The predicted molar refractivity (Wildman–Crippen MR) is 142 cm³/mol. The monoisotopic (exact) mass is 486 g/mol. The summed E-state index contributed by atoms with van der Waals surface area (Å²) in [6, 6.07) is 0. The number of hydrogen-bond acceptors (Lipinski definition) is 3. The normalized spacial score (nSPS) is 53.1. The van der Waals surface area contributed by atoms with Gasteiger partial charge in [0, 0.05) is 12.3 Å². The minimum Gasteiger partial charge on any atom is -0.462 e. The lowest BCUT2D eigenvalue weighted by Crippen LogP contribution is -2.67. The summed E-state index contributed by atoms with van der Waals surface area (Å²) in [5, 5.41) is 11.2. The average Bonchev–Trinajstić information content (AvgIpc) is 3.09. The number of aliphatic hydroxyl groups is 1. The summed E-state index contributed by atoms with van der Waals surface area (Å²) < 4.78 is 5.91. The van der Waals surface area contributed by atoms with Gasteiger partial charge in [0.1, 0.15) is 6.10 Å². The highest BCUT2D eigenvalue weighted by Crippen LogP contribution is 2.77. The molecule has 10 unspecified atom stereocenters. The van der Waals surface area contributed by atoms with Crippen molar-refractivity contribution in [1.29, 1.82) is 0 Å². The Morgan fingerprint density at radius 1 is 0.800 bits per heavy atom. The molecule has 5 aliphatic rings. The fourth-order valence-electron chi connectivity index (χ4n) is 12.1. The van der Waals surface area contributed by atoms with Crippen LogP contribution in [0.3, 0.4) is 0 Å². The van der Waals surface area contributed by atoms with Crippen LogP contribution in [0, 0.1) is 56.7 Å². The average molecular weight is 487 g/mol. The summed E-state index contributed by atoms with van der Waals surface area (Å²) in [5.74, 6) is 3.04. The lowest BCUT2D eigenvalue weighted by atomic mass is 9.32. The second-order valence-electron chi connectivity index (χ2n) is 16.1. The van der Waals surface area contributed by atoms with Crippen LogP contribution in [0.2, 0.25) is 0 Å². The molecule has 5 saturated carbocycles. The van der Waals surface area contributed by atoms with Gasteiger partial charge in [0.25, 0.3) is 0 Å². The van der Waals surface area contributed by atoms with E-state index in [9.17, 15) is 9.90 Å². The number of rotatable bonds is 2. The molecule has 0 spiro atoms. The molecule has 0 heterocycles. The van der Waals surface area contributed by atoms with Gasteiger partial charge in [-0.15, -0.1) is 0 Å². The zero-order valence-electron chi connectivity index (χ0n) is 24.3. The van der Waals surface area contributed by atoms with Crippen molar-refractivity contribution in [1.82, 2.24) is 0 Å². The van der Waals surface area contributed by atoms with E-state index in [1.807, 2.05) is 0 Å². The number of carbonyl (C=O) groups excluding carboxylic acids is 1. The summed E-state index contributed by atoms with van der Waals surface area (Å²) in [6.07, 6.45) is 12.7.